The van der Waals surface area contributed by atoms with E-state index in [0.29, 0.717) is 23.7 Å². The van der Waals surface area contributed by atoms with Crippen LogP contribution in [-0.4, -0.2) is 29.0 Å². The standard InChI is InChI=1S/C18H27N3O2S/c1-5-6-12-20(13-17-10-8-7-9-11-17)24(22,23)18-14-21(15(2)3)19-16(18)4/h7-11,14-15H,5-6,12-13H2,1-4H3. The van der Waals surface area contributed by atoms with Crippen molar-refractivity contribution in [3.8, 4) is 0 Å². The molecule has 132 valence electrons. The molecule has 0 saturated heterocycles. The summed E-state index contributed by atoms with van der Waals surface area (Å²) >= 11 is 0. The number of hydrogen-bond donors (Lipinski definition) is 0. The third-order valence-electron chi connectivity index (χ3n) is 3.98. The summed E-state index contributed by atoms with van der Waals surface area (Å²) in [6.07, 6.45) is 3.44. The summed E-state index contributed by atoms with van der Waals surface area (Å²) in [5, 5.41) is 4.36. The molecule has 0 amide bonds. The average molecular weight is 350 g/mol. The molecule has 1 aromatic heterocycles. The Kier molecular flexibility index (Phi) is 6.18. The minimum absolute atomic E-state index is 0.130. The molecule has 0 saturated carbocycles. The Morgan fingerprint density at radius 1 is 1.21 bits per heavy atom. The molecule has 2 aromatic rings. The zero-order valence-electron chi connectivity index (χ0n) is 14.9. The molecule has 0 aliphatic rings. The van der Waals surface area contributed by atoms with Gasteiger partial charge in [-0.2, -0.15) is 9.40 Å². The fourth-order valence-corrected chi connectivity index (χ4v) is 4.15. The van der Waals surface area contributed by atoms with Gasteiger partial charge in [-0.05, 0) is 32.8 Å². The maximum absolute atomic E-state index is 13.2. The summed E-state index contributed by atoms with van der Waals surface area (Å²) in [7, 11) is -3.56. The molecule has 0 aliphatic heterocycles. The minimum Gasteiger partial charge on any atom is -0.269 e. The van der Waals surface area contributed by atoms with Crippen LogP contribution in [0.1, 0.15) is 50.9 Å². The molecule has 2 rings (SSSR count). The lowest BCUT2D eigenvalue weighted by molar-refractivity contribution is 0.397. The highest BCUT2D eigenvalue weighted by molar-refractivity contribution is 7.89. The van der Waals surface area contributed by atoms with Crippen LogP contribution in [-0.2, 0) is 16.6 Å². The van der Waals surface area contributed by atoms with E-state index in [1.807, 2.05) is 44.2 Å². The monoisotopic (exact) mass is 349 g/mol. The van der Waals surface area contributed by atoms with Crippen LogP contribution in [0, 0.1) is 6.92 Å². The second-order valence-corrected chi connectivity index (χ2v) is 8.24. The lowest BCUT2D eigenvalue weighted by atomic mass is 10.2. The number of aromatic nitrogens is 2. The van der Waals surface area contributed by atoms with Gasteiger partial charge in [-0.25, -0.2) is 8.42 Å². The molecule has 0 atom stereocenters. The number of unbranched alkanes of at least 4 members (excludes halogenated alkanes) is 1. The predicted octanol–water partition coefficient (Wildman–Crippen LogP) is 3.76. The van der Waals surface area contributed by atoms with Crippen LogP contribution in [0.15, 0.2) is 41.4 Å². The van der Waals surface area contributed by atoms with E-state index < -0.39 is 10.0 Å². The van der Waals surface area contributed by atoms with Gasteiger partial charge in [0.05, 0.1) is 5.69 Å². The molecule has 6 heteroatoms. The van der Waals surface area contributed by atoms with Crippen LogP contribution in [0.3, 0.4) is 0 Å². The van der Waals surface area contributed by atoms with Gasteiger partial charge < -0.3 is 0 Å². The Hall–Kier alpha value is -1.66. The van der Waals surface area contributed by atoms with Crippen molar-refractivity contribution in [1.29, 1.82) is 0 Å². The second-order valence-electron chi connectivity index (χ2n) is 6.33. The van der Waals surface area contributed by atoms with Gasteiger partial charge in [0, 0.05) is 25.3 Å². The van der Waals surface area contributed by atoms with Gasteiger partial charge in [-0.15, -0.1) is 0 Å². The normalized spacial score (nSPS) is 12.2. The lowest BCUT2D eigenvalue weighted by Gasteiger charge is -2.21. The van der Waals surface area contributed by atoms with E-state index in [4.69, 9.17) is 0 Å². The maximum Gasteiger partial charge on any atom is 0.246 e. The van der Waals surface area contributed by atoms with Crippen molar-refractivity contribution in [1.82, 2.24) is 14.1 Å². The Morgan fingerprint density at radius 3 is 2.42 bits per heavy atom. The van der Waals surface area contributed by atoms with Gasteiger partial charge in [-0.3, -0.25) is 4.68 Å². The van der Waals surface area contributed by atoms with Crippen LogP contribution >= 0.6 is 0 Å². The van der Waals surface area contributed by atoms with E-state index in [-0.39, 0.29) is 6.04 Å². The van der Waals surface area contributed by atoms with Crippen LogP contribution in [0.4, 0.5) is 0 Å². The van der Waals surface area contributed by atoms with Gasteiger partial charge >= 0.3 is 0 Å². The number of nitrogens with zero attached hydrogens (tertiary/aromatic N) is 3. The minimum atomic E-state index is -3.56. The zero-order chi connectivity index (χ0) is 17.7. The third kappa shape index (κ3) is 4.24. The van der Waals surface area contributed by atoms with E-state index in [1.165, 1.54) is 0 Å². The highest BCUT2D eigenvalue weighted by Gasteiger charge is 2.28. The topological polar surface area (TPSA) is 55.2 Å². The first kappa shape index (κ1) is 18.7. The zero-order valence-corrected chi connectivity index (χ0v) is 15.8. The predicted molar refractivity (Wildman–Crippen MR) is 96.3 cm³/mol. The fourth-order valence-electron chi connectivity index (χ4n) is 2.53. The molecule has 0 unspecified atom stereocenters. The highest BCUT2D eigenvalue weighted by Crippen LogP contribution is 2.23. The molecule has 24 heavy (non-hydrogen) atoms. The Bertz CT molecular complexity index is 752. The number of rotatable bonds is 8. The van der Waals surface area contributed by atoms with Crippen molar-refractivity contribution in [2.24, 2.45) is 0 Å². The number of hydrogen-bond acceptors (Lipinski definition) is 3. The van der Waals surface area contributed by atoms with Crippen LogP contribution in [0.5, 0.6) is 0 Å². The fraction of sp³-hybridized carbons (Fsp3) is 0.500. The average Bonchev–Trinajstić information content (AvgIpc) is 2.95. The first-order chi connectivity index (χ1) is 11.4. The first-order valence-electron chi connectivity index (χ1n) is 8.46. The lowest BCUT2D eigenvalue weighted by Crippen LogP contribution is -2.31. The summed E-state index contributed by atoms with van der Waals surface area (Å²) < 4.78 is 29.6. The van der Waals surface area contributed by atoms with Crippen molar-refractivity contribution in [3.63, 3.8) is 0 Å². The van der Waals surface area contributed by atoms with Crippen molar-refractivity contribution >= 4 is 10.0 Å². The van der Waals surface area contributed by atoms with Crippen molar-refractivity contribution in [2.45, 2.75) is 58.0 Å². The van der Waals surface area contributed by atoms with Gasteiger partial charge in [-0.1, -0.05) is 43.7 Å². The molecule has 5 nitrogen and oxygen atoms in total. The van der Waals surface area contributed by atoms with Crippen molar-refractivity contribution in [2.75, 3.05) is 6.54 Å². The molecular weight excluding hydrogens is 322 g/mol. The van der Waals surface area contributed by atoms with Crippen molar-refractivity contribution < 1.29 is 8.42 Å². The van der Waals surface area contributed by atoms with E-state index >= 15 is 0 Å². The van der Waals surface area contributed by atoms with Crippen LogP contribution in [0.25, 0.3) is 0 Å². The third-order valence-corrected chi connectivity index (χ3v) is 5.93. The second kappa shape index (κ2) is 7.94. The van der Waals surface area contributed by atoms with Crippen LogP contribution < -0.4 is 0 Å². The van der Waals surface area contributed by atoms with Gasteiger partial charge in [0.2, 0.25) is 10.0 Å². The SMILES string of the molecule is CCCCN(Cc1ccccc1)S(=O)(=O)c1cn(C(C)C)nc1C. The van der Waals surface area contributed by atoms with Crippen molar-refractivity contribution in [3.05, 3.63) is 47.8 Å². The van der Waals surface area contributed by atoms with Gasteiger partial charge in [0.15, 0.2) is 0 Å². The summed E-state index contributed by atoms with van der Waals surface area (Å²) in [5.41, 5.74) is 1.55. The van der Waals surface area contributed by atoms with E-state index in [9.17, 15) is 8.42 Å². The molecule has 1 heterocycles. The molecule has 0 aliphatic carbocycles. The highest BCUT2D eigenvalue weighted by atomic mass is 32.2. The van der Waals surface area contributed by atoms with Gasteiger partial charge in [0.1, 0.15) is 4.90 Å². The molecular formula is C18H27N3O2S. The molecule has 0 radical (unpaired) electrons. The Labute approximate surface area is 145 Å². The summed E-state index contributed by atoms with van der Waals surface area (Å²) in [4.78, 5) is 0.309. The largest absolute Gasteiger partial charge is 0.269 e. The maximum atomic E-state index is 13.2. The summed E-state index contributed by atoms with van der Waals surface area (Å²) in [6.45, 7) is 8.69. The first-order valence-corrected chi connectivity index (χ1v) is 9.90. The molecule has 0 fully saturated rings. The Balaban J connectivity index is 2.36. The smallest absolute Gasteiger partial charge is 0.246 e. The van der Waals surface area contributed by atoms with E-state index in [2.05, 4.69) is 12.0 Å². The molecule has 0 bridgehead atoms. The van der Waals surface area contributed by atoms with Crippen LogP contribution in [0.2, 0.25) is 0 Å². The van der Waals surface area contributed by atoms with E-state index in [1.54, 1.807) is 22.1 Å². The van der Waals surface area contributed by atoms with Gasteiger partial charge in [0.25, 0.3) is 0 Å². The Morgan fingerprint density at radius 2 is 1.88 bits per heavy atom. The number of benzene rings is 1. The molecule has 1 aromatic carbocycles. The molecule has 0 N–H and O–H groups in total. The summed E-state index contributed by atoms with van der Waals surface area (Å²) in [5.74, 6) is 0. The number of aryl methyl sites for hydroxylation is 1. The quantitative estimate of drug-likeness (QED) is 0.729. The van der Waals surface area contributed by atoms with E-state index in [0.717, 1.165) is 18.4 Å². The number of sulfonamides is 1. The summed E-state index contributed by atoms with van der Waals surface area (Å²) in [6, 6.07) is 9.85. The molecule has 0 spiro atoms.